The van der Waals surface area contributed by atoms with E-state index in [0.717, 1.165) is 16.5 Å². The van der Waals surface area contributed by atoms with E-state index >= 15 is 0 Å². The number of thiophene rings is 1. The first-order valence-corrected chi connectivity index (χ1v) is 6.38. The molecule has 7 heteroatoms. The largest absolute Gasteiger partial charge is 0.478 e. The van der Waals surface area contributed by atoms with Gasteiger partial charge in [-0.1, -0.05) is 0 Å². The van der Waals surface area contributed by atoms with E-state index in [-0.39, 0.29) is 6.54 Å². The van der Waals surface area contributed by atoms with E-state index in [2.05, 4.69) is 0 Å². The van der Waals surface area contributed by atoms with Crippen LogP contribution in [0.4, 0.5) is 13.2 Å². The van der Waals surface area contributed by atoms with Crippen molar-refractivity contribution in [2.75, 3.05) is 13.6 Å². The number of carboxylic acids is 1. The smallest absolute Gasteiger partial charge is 0.390 e. The highest BCUT2D eigenvalue weighted by molar-refractivity contribution is 7.10. The molecule has 1 aromatic rings. The predicted molar refractivity (Wildman–Crippen MR) is 68.0 cm³/mol. The number of hydrogen-bond acceptors (Lipinski definition) is 3. The fourth-order valence-electron chi connectivity index (χ4n) is 1.43. The first-order valence-electron chi connectivity index (χ1n) is 5.50. The Morgan fingerprint density at radius 2 is 2.21 bits per heavy atom. The van der Waals surface area contributed by atoms with Crippen LogP contribution in [0.15, 0.2) is 17.5 Å². The Labute approximate surface area is 113 Å². The van der Waals surface area contributed by atoms with E-state index in [1.807, 2.05) is 0 Å². The molecule has 1 aromatic heterocycles. The second kappa shape index (κ2) is 6.72. The third-order valence-corrected chi connectivity index (χ3v) is 3.30. The molecule has 19 heavy (non-hydrogen) atoms. The maximum absolute atomic E-state index is 12.1. The zero-order valence-corrected chi connectivity index (χ0v) is 11.1. The van der Waals surface area contributed by atoms with Gasteiger partial charge in [-0.15, -0.1) is 11.3 Å². The summed E-state index contributed by atoms with van der Waals surface area (Å²) in [5.41, 5.74) is 0.728. The highest BCUT2D eigenvalue weighted by atomic mass is 32.1. The molecular formula is C12H14F3NO2S. The number of hydrogen-bond donors (Lipinski definition) is 1. The average molecular weight is 293 g/mol. The van der Waals surface area contributed by atoms with Crippen molar-refractivity contribution in [3.63, 3.8) is 0 Å². The molecule has 0 saturated heterocycles. The minimum atomic E-state index is -4.16. The van der Waals surface area contributed by atoms with Crippen molar-refractivity contribution < 1.29 is 23.1 Å². The number of halogens is 3. The highest BCUT2D eigenvalue weighted by Gasteiger charge is 2.27. The SMILES string of the molecule is CN(CCC(F)(F)F)Cc1sccc1C=CC(=O)O. The predicted octanol–water partition coefficient (Wildman–Crippen LogP) is 3.23. The van der Waals surface area contributed by atoms with Crippen LogP contribution in [-0.2, 0) is 11.3 Å². The lowest BCUT2D eigenvalue weighted by Gasteiger charge is -2.17. The van der Waals surface area contributed by atoms with Crippen LogP contribution in [0.1, 0.15) is 16.9 Å². The summed E-state index contributed by atoms with van der Waals surface area (Å²) < 4.78 is 36.2. The van der Waals surface area contributed by atoms with Gasteiger partial charge in [0.15, 0.2) is 0 Å². The molecule has 0 atom stereocenters. The van der Waals surface area contributed by atoms with Crippen LogP contribution in [-0.4, -0.2) is 35.7 Å². The summed E-state index contributed by atoms with van der Waals surface area (Å²) >= 11 is 1.40. The van der Waals surface area contributed by atoms with Crippen LogP contribution < -0.4 is 0 Å². The van der Waals surface area contributed by atoms with Crippen LogP contribution in [0.5, 0.6) is 0 Å². The van der Waals surface area contributed by atoms with Gasteiger partial charge in [-0.2, -0.15) is 13.2 Å². The summed E-state index contributed by atoms with van der Waals surface area (Å²) in [6, 6.07) is 1.75. The Hall–Kier alpha value is -1.34. The van der Waals surface area contributed by atoms with E-state index in [1.165, 1.54) is 17.4 Å². The van der Waals surface area contributed by atoms with E-state index in [9.17, 15) is 18.0 Å². The standard InChI is InChI=1S/C12H14F3NO2S/c1-16(6-5-12(13,14)15)8-10-9(4-7-19-10)2-3-11(17)18/h2-4,7H,5-6,8H2,1H3,(H,17,18). The van der Waals surface area contributed by atoms with Crippen LogP contribution >= 0.6 is 11.3 Å². The number of nitrogens with zero attached hydrogens (tertiary/aromatic N) is 1. The Morgan fingerprint density at radius 3 is 2.79 bits per heavy atom. The Kier molecular flexibility index (Phi) is 5.56. The summed E-state index contributed by atoms with van der Waals surface area (Å²) in [6.07, 6.45) is -2.54. The minimum absolute atomic E-state index is 0.0799. The lowest BCUT2D eigenvalue weighted by Crippen LogP contribution is -2.24. The summed E-state index contributed by atoms with van der Waals surface area (Å²) in [7, 11) is 1.61. The molecule has 0 amide bonds. The summed E-state index contributed by atoms with van der Waals surface area (Å²) in [6.45, 7) is 0.288. The topological polar surface area (TPSA) is 40.5 Å². The van der Waals surface area contributed by atoms with Crippen molar-refractivity contribution in [1.82, 2.24) is 4.90 Å². The molecule has 0 unspecified atom stereocenters. The molecule has 0 bridgehead atoms. The third-order valence-electron chi connectivity index (χ3n) is 2.38. The molecule has 106 valence electrons. The number of carboxylic acid groups (broad SMARTS) is 1. The fourth-order valence-corrected chi connectivity index (χ4v) is 2.38. The zero-order valence-electron chi connectivity index (χ0n) is 10.3. The van der Waals surface area contributed by atoms with Gasteiger partial charge in [0.1, 0.15) is 0 Å². The van der Waals surface area contributed by atoms with E-state index in [1.54, 1.807) is 23.4 Å². The summed E-state index contributed by atoms with van der Waals surface area (Å²) in [5, 5.41) is 10.3. The molecule has 0 fully saturated rings. The summed E-state index contributed by atoms with van der Waals surface area (Å²) in [4.78, 5) is 12.8. The molecular weight excluding hydrogens is 279 g/mol. The van der Waals surface area contributed by atoms with Crippen LogP contribution in [0.3, 0.4) is 0 Å². The van der Waals surface area contributed by atoms with Crippen molar-refractivity contribution in [2.24, 2.45) is 0 Å². The quantitative estimate of drug-likeness (QED) is 0.819. The number of carbonyl (C=O) groups is 1. The molecule has 0 aliphatic rings. The molecule has 0 saturated carbocycles. The van der Waals surface area contributed by atoms with Crippen molar-refractivity contribution >= 4 is 23.4 Å². The second-order valence-electron chi connectivity index (χ2n) is 4.07. The minimum Gasteiger partial charge on any atom is -0.478 e. The van der Waals surface area contributed by atoms with Gasteiger partial charge in [-0.05, 0) is 30.1 Å². The Balaban J connectivity index is 2.57. The summed E-state index contributed by atoms with van der Waals surface area (Å²) in [5.74, 6) is -1.05. The van der Waals surface area contributed by atoms with Gasteiger partial charge in [0.25, 0.3) is 0 Å². The normalized spacial score (nSPS) is 12.5. The van der Waals surface area contributed by atoms with Crippen LogP contribution in [0.25, 0.3) is 6.08 Å². The van der Waals surface area contributed by atoms with Gasteiger partial charge < -0.3 is 10.0 Å². The Morgan fingerprint density at radius 1 is 1.53 bits per heavy atom. The zero-order chi connectivity index (χ0) is 14.5. The molecule has 0 aliphatic heterocycles. The highest BCUT2D eigenvalue weighted by Crippen LogP contribution is 2.22. The first kappa shape index (κ1) is 15.7. The van der Waals surface area contributed by atoms with Crippen molar-refractivity contribution in [3.8, 4) is 0 Å². The van der Waals surface area contributed by atoms with Crippen molar-refractivity contribution in [3.05, 3.63) is 28.0 Å². The van der Waals surface area contributed by atoms with Gasteiger partial charge in [0.2, 0.25) is 0 Å². The molecule has 0 radical (unpaired) electrons. The van der Waals surface area contributed by atoms with Gasteiger partial charge in [0.05, 0.1) is 6.42 Å². The molecule has 1 heterocycles. The first-order chi connectivity index (χ1) is 8.78. The van der Waals surface area contributed by atoms with Crippen molar-refractivity contribution in [1.29, 1.82) is 0 Å². The lowest BCUT2D eigenvalue weighted by molar-refractivity contribution is -0.137. The molecule has 3 nitrogen and oxygen atoms in total. The molecule has 1 N–H and O–H groups in total. The molecule has 0 spiro atoms. The van der Waals surface area contributed by atoms with Gasteiger partial charge in [0, 0.05) is 24.0 Å². The fraction of sp³-hybridized carbons (Fsp3) is 0.417. The maximum atomic E-state index is 12.1. The lowest BCUT2D eigenvalue weighted by atomic mass is 10.2. The molecule has 1 rings (SSSR count). The molecule has 0 aliphatic carbocycles. The van der Waals surface area contributed by atoms with Crippen LogP contribution in [0.2, 0.25) is 0 Å². The van der Waals surface area contributed by atoms with E-state index in [0.29, 0.717) is 6.54 Å². The van der Waals surface area contributed by atoms with Crippen LogP contribution in [0, 0.1) is 0 Å². The van der Waals surface area contributed by atoms with E-state index in [4.69, 9.17) is 5.11 Å². The van der Waals surface area contributed by atoms with E-state index < -0.39 is 18.6 Å². The molecule has 0 aromatic carbocycles. The van der Waals surface area contributed by atoms with Gasteiger partial charge in [-0.3, -0.25) is 0 Å². The third kappa shape index (κ3) is 6.40. The number of rotatable bonds is 6. The van der Waals surface area contributed by atoms with Gasteiger partial charge in [-0.25, -0.2) is 4.79 Å². The Bertz CT molecular complexity index is 454. The number of aliphatic carboxylic acids is 1. The average Bonchev–Trinajstić information content (AvgIpc) is 2.70. The van der Waals surface area contributed by atoms with Gasteiger partial charge >= 0.3 is 12.1 Å². The van der Waals surface area contributed by atoms with Crippen molar-refractivity contribution in [2.45, 2.75) is 19.1 Å². The maximum Gasteiger partial charge on any atom is 0.390 e. The number of alkyl halides is 3. The monoisotopic (exact) mass is 293 g/mol. The second-order valence-corrected chi connectivity index (χ2v) is 5.07.